The number of amides is 1. The predicted octanol–water partition coefficient (Wildman–Crippen LogP) is 4.59. The molecule has 0 bridgehead atoms. The van der Waals surface area contributed by atoms with Crippen LogP contribution in [0.3, 0.4) is 0 Å². The summed E-state index contributed by atoms with van der Waals surface area (Å²) in [6, 6.07) is 11.1. The van der Waals surface area contributed by atoms with Crippen LogP contribution in [-0.4, -0.2) is 26.9 Å². The molecule has 0 radical (unpaired) electrons. The van der Waals surface area contributed by atoms with Crippen LogP contribution in [0.5, 0.6) is 0 Å². The molecular weight excluding hydrogens is 360 g/mol. The van der Waals surface area contributed by atoms with E-state index in [1.165, 1.54) is 0 Å². The van der Waals surface area contributed by atoms with E-state index < -0.39 is 6.04 Å². The minimum atomic E-state index is -0.483. The number of hydrogen-bond donors (Lipinski definition) is 2. The smallest absolute Gasteiger partial charge is 0.247 e. The van der Waals surface area contributed by atoms with Crippen molar-refractivity contribution in [3.05, 3.63) is 46.5 Å². The van der Waals surface area contributed by atoms with Crippen molar-refractivity contribution in [3.63, 3.8) is 0 Å². The zero-order valence-electron chi connectivity index (χ0n) is 13.1. The van der Waals surface area contributed by atoms with Crippen molar-refractivity contribution in [2.45, 2.75) is 17.9 Å². The topological polar surface area (TPSA) is 62.7 Å². The molecule has 24 heavy (non-hydrogen) atoms. The van der Waals surface area contributed by atoms with Crippen molar-refractivity contribution in [2.24, 2.45) is 0 Å². The molecule has 2 heterocycles. The molecular formula is C16H16N4OS3. The third kappa shape index (κ3) is 3.31. The summed E-state index contributed by atoms with van der Waals surface area (Å²) in [5.41, 5.74) is 0.800. The molecule has 0 fully saturated rings. The van der Waals surface area contributed by atoms with Crippen LogP contribution in [0.15, 0.2) is 46.7 Å². The predicted molar refractivity (Wildman–Crippen MR) is 102 cm³/mol. The molecule has 0 aliphatic carbocycles. The van der Waals surface area contributed by atoms with Crippen LogP contribution < -0.4 is 5.32 Å². The van der Waals surface area contributed by atoms with Gasteiger partial charge in [-0.2, -0.15) is 5.10 Å². The number of anilines is 1. The summed E-state index contributed by atoms with van der Waals surface area (Å²) >= 11 is 8.47. The number of carbonyl (C=O) groups excluding carboxylic acids is 1. The first-order valence-corrected chi connectivity index (χ1v) is 9.77. The zero-order chi connectivity index (χ0) is 17.1. The number of para-hydroxylation sites is 1. The fraction of sp³-hybridized carbons (Fsp3) is 0.188. The highest BCUT2D eigenvalue weighted by Crippen LogP contribution is 2.28. The minimum Gasteiger partial charge on any atom is -0.323 e. The second-order valence-electron chi connectivity index (χ2n) is 5.07. The summed E-state index contributed by atoms with van der Waals surface area (Å²) in [5.74, 6) is 0.544. The van der Waals surface area contributed by atoms with Crippen LogP contribution in [-0.2, 0) is 4.79 Å². The van der Waals surface area contributed by atoms with Gasteiger partial charge < -0.3 is 5.32 Å². The number of rotatable bonds is 5. The van der Waals surface area contributed by atoms with Gasteiger partial charge in [-0.05, 0) is 49.0 Å². The SMILES string of the molecule is CSc1ccccc1NC(=O)C(C)n1c(-c2cccs2)n[nH]c1=S. The van der Waals surface area contributed by atoms with E-state index in [9.17, 15) is 4.79 Å². The van der Waals surface area contributed by atoms with Crippen LogP contribution in [0.4, 0.5) is 5.69 Å². The Morgan fingerprint density at radius 1 is 1.38 bits per heavy atom. The summed E-state index contributed by atoms with van der Waals surface area (Å²) in [7, 11) is 0. The van der Waals surface area contributed by atoms with Crippen molar-refractivity contribution in [2.75, 3.05) is 11.6 Å². The lowest BCUT2D eigenvalue weighted by molar-refractivity contribution is -0.118. The number of thioether (sulfide) groups is 1. The van der Waals surface area contributed by atoms with E-state index in [4.69, 9.17) is 12.2 Å². The molecule has 0 aliphatic rings. The molecule has 1 unspecified atom stereocenters. The summed E-state index contributed by atoms with van der Waals surface area (Å²) in [6.07, 6.45) is 1.98. The normalized spacial score (nSPS) is 12.1. The van der Waals surface area contributed by atoms with Gasteiger partial charge >= 0.3 is 0 Å². The van der Waals surface area contributed by atoms with Crippen molar-refractivity contribution in [1.82, 2.24) is 14.8 Å². The Balaban J connectivity index is 1.90. The molecule has 0 aliphatic heterocycles. The van der Waals surface area contributed by atoms with Crippen molar-refractivity contribution in [3.8, 4) is 10.7 Å². The highest BCUT2D eigenvalue weighted by Gasteiger charge is 2.22. The molecule has 124 valence electrons. The van der Waals surface area contributed by atoms with Crippen molar-refractivity contribution < 1.29 is 4.79 Å². The third-order valence-corrected chi connectivity index (χ3v) is 5.53. The number of hydrogen-bond acceptors (Lipinski definition) is 5. The first-order valence-electron chi connectivity index (χ1n) is 7.26. The second-order valence-corrected chi connectivity index (χ2v) is 7.25. The summed E-state index contributed by atoms with van der Waals surface area (Å²) in [5, 5.41) is 12.0. The number of aromatic nitrogens is 3. The molecule has 1 amide bonds. The van der Waals surface area contributed by atoms with Crippen LogP contribution >= 0.6 is 35.3 Å². The Labute approximate surface area is 153 Å². The first-order chi connectivity index (χ1) is 11.6. The highest BCUT2D eigenvalue weighted by atomic mass is 32.2. The number of thiophene rings is 1. The summed E-state index contributed by atoms with van der Waals surface area (Å²) < 4.78 is 2.18. The molecule has 3 aromatic rings. The Kier molecular flexibility index (Phi) is 5.17. The summed E-state index contributed by atoms with van der Waals surface area (Å²) in [4.78, 5) is 14.7. The maximum absolute atomic E-state index is 12.7. The molecule has 0 spiro atoms. The van der Waals surface area contributed by atoms with Gasteiger partial charge in [0.25, 0.3) is 0 Å². The van der Waals surface area contributed by atoms with Crippen molar-refractivity contribution in [1.29, 1.82) is 0 Å². The third-order valence-electron chi connectivity index (χ3n) is 3.58. The van der Waals surface area contributed by atoms with E-state index in [1.807, 2.05) is 55.0 Å². The van der Waals surface area contributed by atoms with Crippen molar-refractivity contribution >= 4 is 46.9 Å². The quantitative estimate of drug-likeness (QED) is 0.505. The lowest BCUT2D eigenvalue weighted by atomic mass is 10.2. The zero-order valence-corrected chi connectivity index (χ0v) is 15.6. The fourth-order valence-electron chi connectivity index (χ4n) is 2.35. The number of nitrogens with zero attached hydrogens (tertiary/aromatic N) is 2. The molecule has 3 rings (SSSR count). The molecule has 8 heteroatoms. The van der Waals surface area contributed by atoms with Gasteiger partial charge in [-0.15, -0.1) is 23.1 Å². The Bertz CT molecular complexity index is 898. The largest absolute Gasteiger partial charge is 0.323 e. The van der Waals surface area contributed by atoms with E-state index >= 15 is 0 Å². The van der Waals surface area contributed by atoms with Gasteiger partial charge in [0.2, 0.25) is 5.91 Å². The van der Waals surface area contributed by atoms with E-state index in [0.29, 0.717) is 10.6 Å². The lowest BCUT2D eigenvalue weighted by Crippen LogP contribution is -2.24. The molecule has 2 N–H and O–H groups in total. The number of benzene rings is 1. The average molecular weight is 377 g/mol. The van der Waals surface area contributed by atoms with Gasteiger partial charge in [0, 0.05) is 4.90 Å². The van der Waals surface area contributed by atoms with E-state index in [0.717, 1.165) is 15.5 Å². The summed E-state index contributed by atoms with van der Waals surface area (Å²) in [6.45, 7) is 1.82. The standard InChI is InChI=1S/C16H16N4OS3/c1-10(15(21)17-11-6-3-4-7-12(11)23-2)20-14(18-19-16(20)22)13-8-5-9-24-13/h3-10H,1-2H3,(H,17,21)(H,19,22). The number of H-pyrrole nitrogens is 1. The van der Waals surface area contributed by atoms with Gasteiger partial charge in [0.15, 0.2) is 10.6 Å². The molecule has 1 aromatic carbocycles. The van der Waals surface area contributed by atoms with Gasteiger partial charge in [0.05, 0.1) is 10.6 Å². The lowest BCUT2D eigenvalue weighted by Gasteiger charge is -2.16. The van der Waals surface area contributed by atoms with Crippen LogP contribution in [0, 0.1) is 4.77 Å². The molecule has 0 saturated carbocycles. The first kappa shape index (κ1) is 16.9. The van der Waals surface area contributed by atoms with Gasteiger partial charge in [-0.25, -0.2) is 0 Å². The van der Waals surface area contributed by atoms with E-state index in [2.05, 4.69) is 15.5 Å². The van der Waals surface area contributed by atoms with Gasteiger partial charge in [-0.3, -0.25) is 14.5 Å². The fourth-order valence-corrected chi connectivity index (χ4v) is 3.90. The maximum Gasteiger partial charge on any atom is 0.247 e. The highest BCUT2D eigenvalue weighted by molar-refractivity contribution is 7.98. The number of carbonyl (C=O) groups is 1. The monoisotopic (exact) mass is 376 g/mol. The van der Waals surface area contributed by atoms with Gasteiger partial charge in [-0.1, -0.05) is 18.2 Å². The molecule has 2 aromatic heterocycles. The average Bonchev–Trinajstić information content (AvgIpc) is 3.24. The van der Waals surface area contributed by atoms with Crippen LogP contribution in [0.1, 0.15) is 13.0 Å². The number of nitrogens with one attached hydrogen (secondary N) is 2. The van der Waals surface area contributed by atoms with Crippen LogP contribution in [0.2, 0.25) is 0 Å². The maximum atomic E-state index is 12.7. The Morgan fingerprint density at radius 3 is 2.88 bits per heavy atom. The van der Waals surface area contributed by atoms with E-state index in [-0.39, 0.29) is 5.91 Å². The number of aromatic amines is 1. The van der Waals surface area contributed by atoms with Crippen LogP contribution in [0.25, 0.3) is 10.7 Å². The molecule has 1 atom stereocenters. The van der Waals surface area contributed by atoms with E-state index in [1.54, 1.807) is 27.7 Å². The van der Waals surface area contributed by atoms with Gasteiger partial charge in [0.1, 0.15) is 6.04 Å². The second kappa shape index (κ2) is 7.33. The Hall–Kier alpha value is -1.90. The Morgan fingerprint density at radius 2 is 2.17 bits per heavy atom. The molecule has 0 saturated heterocycles. The minimum absolute atomic E-state index is 0.133. The molecule has 5 nitrogen and oxygen atoms in total.